The van der Waals surface area contributed by atoms with E-state index in [-0.39, 0.29) is 22.6 Å². The Hall–Kier alpha value is -4.07. The minimum atomic E-state index is -0.252. The maximum absolute atomic E-state index is 12.9. The Bertz CT molecular complexity index is 1650. The molecule has 0 bridgehead atoms. The number of benzene rings is 1. The van der Waals surface area contributed by atoms with Crippen LogP contribution in [-0.4, -0.2) is 25.6 Å². The number of aryl methyl sites for hydroxylation is 4. The van der Waals surface area contributed by atoms with Crippen LogP contribution in [0.25, 0.3) is 22.0 Å². The number of ether oxygens (including phenoxy) is 1. The highest BCUT2D eigenvalue weighted by Gasteiger charge is 2.70. The van der Waals surface area contributed by atoms with Gasteiger partial charge in [-0.25, -0.2) is 0 Å². The van der Waals surface area contributed by atoms with Crippen LogP contribution in [0.4, 0.5) is 0 Å². The second kappa shape index (κ2) is 7.21. The Labute approximate surface area is 201 Å². The zero-order valence-corrected chi connectivity index (χ0v) is 20.1. The van der Waals surface area contributed by atoms with Gasteiger partial charge in [0.25, 0.3) is 17.0 Å². The molecule has 1 aromatic carbocycles. The highest BCUT2D eigenvalue weighted by molar-refractivity contribution is 6.03. The van der Waals surface area contributed by atoms with Gasteiger partial charge in [0.15, 0.2) is 5.75 Å². The van der Waals surface area contributed by atoms with Crippen molar-refractivity contribution in [3.63, 3.8) is 0 Å². The molecule has 2 fully saturated rings. The smallest absolute Gasteiger partial charge is 0.274 e. The van der Waals surface area contributed by atoms with E-state index in [1.54, 1.807) is 32.6 Å². The molecule has 178 valence electrons. The molecule has 2 N–H and O–H groups in total. The number of aromatic nitrogens is 3. The van der Waals surface area contributed by atoms with Gasteiger partial charge < -0.3 is 24.2 Å². The van der Waals surface area contributed by atoms with Crippen LogP contribution in [0.5, 0.6) is 11.5 Å². The highest BCUT2D eigenvalue weighted by atomic mass is 16.5. The summed E-state index contributed by atoms with van der Waals surface area (Å²) in [5, 5.41) is 3.66. The van der Waals surface area contributed by atoms with Crippen LogP contribution in [0.3, 0.4) is 0 Å². The number of hydrogen-bond acceptors (Lipinski definition) is 4. The number of fused-ring (bicyclic) bond motifs is 2. The Morgan fingerprint density at radius 3 is 2.40 bits per heavy atom. The minimum absolute atomic E-state index is 0.0276. The second-order valence-corrected chi connectivity index (χ2v) is 9.97. The van der Waals surface area contributed by atoms with Gasteiger partial charge in [-0.3, -0.25) is 14.4 Å². The van der Waals surface area contributed by atoms with Gasteiger partial charge in [0.05, 0.1) is 6.20 Å². The summed E-state index contributed by atoms with van der Waals surface area (Å²) in [5.74, 6) is 1.58. The van der Waals surface area contributed by atoms with Crippen molar-refractivity contribution in [2.45, 2.75) is 32.2 Å². The molecule has 3 aromatic heterocycles. The molecule has 1 amide bonds. The first-order valence-corrected chi connectivity index (χ1v) is 11.7. The SMILES string of the molecule is Cc1cccc(C)c1Oc1cn(C)c(=O)cc1-c1cn(C)c(=O)c2[nH]c(C(=O)NC34CC3C4)cc12. The molecule has 4 aromatic rings. The van der Waals surface area contributed by atoms with E-state index in [9.17, 15) is 14.4 Å². The number of carbonyl (C=O) groups excluding carboxylic acids is 1. The summed E-state index contributed by atoms with van der Waals surface area (Å²) in [6.45, 7) is 3.93. The summed E-state index contributed by atoms with van der Waals surface area (Å²) in [6, 6.07) is 9.10. The van der Waals surface area contributed by atoms with E-state index in [1.165, 1.54) is 15.2 Å². The van der Waals surface area contributed by atoms with Gasteiger partial charge in [0, 0.05) is 48.4 Å². The maximum Gasteiger partial charge on any atom is 0.274 e. The molecule has 8 nitrogen and oxygen atoms in total. The van der Waals surface area contributed by atoms with Crippen molar-refractivity contribution in [2.24, 2.45) is 20.0 Å². The van der Waals surface area contributed by atoms with Crippen LogP contribution >= 0.6 is 0 Å². The first kappa shape index (κ1) is 21.5. The lowest BCUT2D eigenvalue weighted by atomic mass is 10.0. The van der Waals surface area contributed by atoms with E-state index >= 15 is 0 Å². The number of rotatable bonds is 5. The normalized spacial score (nSPS) is 19.9. The lowest BCUT2D eigenvalue weighted by Gasteiger charge is -2.17. The third kappa shape index (κ3) is 3.39. The highest BCUT2D eigenvalue weighted by Crippen LogP contribution is 2.66. The number of para-hydroxylation sites is 1. The molecule has 0 saturated heterocycles. The van der Waals surface area contributed by atoms with Gasteiger partial charge in [-0.05, 0) is 49.8 Å². The molecule has 3 heterocycles. The van der Waals surface area contributed by atoms with Crippen LogP contribution in [0.2, 0.25) is 0 Å². The average Bonchev–Trinajstić information content (AvgIpc) is 3.59. The number of carbonyl (C=O) groups is 1. The van der Waals surface area contributed by atoms with E-state index < -0.39 is 0 Å². The zero-order chi connectivity index (χ0) is 24.6. The Morgan fingerprint density at radius 2 is 1.74 bits per heavy atom. The van der Waals surface area contributed by atoms with E-state index in [2.05, 4.69) is 10.3 Å². The number of pyridine rings is 2. The number of nitrogens with one attached hydrogen (secondary N) is 2. The third-order valence-corrected chi connectivity index (χ3v) is 7.36. The quantitative estimate of drug-likeness (QED) is 0.466. The lowest BCUT2D eigenvalue weighted by Crippen LogP contribution is -2.30. The molecule has 0 unspecified atom stereocenters. The van der Waals surface area contributed by atoms with Crippen LogP contribution in [0.15, 0.2) is 52.3 Å². The Morgan fingerprint density at radius 1 is 1.06 bits per heavy atom. The van der Waals surface area contributed by atoms with E-state index in [1.807, 2.05) is 32.0 Å². The number of nitrogens with zero attached hydrogens (tertiary/aromatic N) is 2. The molecule has 6 rings (SSSR count). The van der Waals surface area contributed by atoms with Crippen molar-refractivity contribution in [2.75, 3.05) is 0 Å². The predicted octanol–water partition coefficient (Wildman–Crippen LogP) is 3.53. The number of aromatic amines is 1. The van der Waals surface area contributed by atoms with Crippen LogP contribution < -0.4 is 21.2 Å². The van der Waals surface area contributed by atoms with E-state index in [4.69, 9.17) is 4.74 Å². The van der Waals surface area contributed by atoms with Crippen molar-refractivity contribution in [1.29, 1.82) is 0 Å². The topological polar surface area (TPSA) is 98.1 Å². The molecular weight excluding hydrogens is 444 g/mol. The summed E-state index contributed by atoms with van der Waals surface area (Å²) in [4.78, 5) is 41.6. The van der Waals surface area contributed by atoms with Crippen molar-refractivity contribution in [3.05, 3.63) is 80.3 Å². The van der Waals surface area contributed by atoms with Gasteiger partial charge in [-0.2, -0.15) is 0 Å². The monoisotopic (exact) mass is 470 g/mol. The average molecular weight is 471 g/mol. The Kier molecular flexibility index (Phi) is 4.42. The molecular formula is C27H26N4O4. The molecule has 2 aliphatic carbocycles. The third-order valence-electron chi connectivity index (χ3n) is 7.36. The molecule has 2 saturated carbocycles. The predicted molar refractivity (Wildman–Crippen MR) is 133 cm³/mol. The maximum atomic E-state index is 12.9. The van der Waals surface area contributed by atoms with E-state index in [0.717, 1.165) is 24.0 Å². The molecule has 0 spiro atoms. The van der Waals surface area contributed by atoms with Gasteiger partial charge >= 0.3 is 0 Å². The van der Waals surface area contributed by atoms with Crippen LogP contribution in [0, 0.1) is 19.8 Å². The van der Waals surface area contributed by atoms with Crippen molar-refractivity contribution in [3.8, 4) is 22.6 Å². The molecule has 2 aliphatic rings. The summed E-state index contributed by atoms with van der Waals surface area (Å²) in [6.07, 6.45) is 5.39. The molecule has 0 atom stereocenters. The molecule has 0 aliphatic heterocycles. The van der Waals surface area contributed by atoms with Crippen molar-refractivity contribution in [1.82, 2.24) is 19.4 Å². The van der Waals surface area contributed by atoms with Gasteiger partial charge in [-0.15, -0.1) is 0 Å². The standard InChI is InChI=1S/C27H26N4O4/c1-14-6-5-7-15(2)24(14)35-21-13-30(3)22(32)9-17(21)19-12-31(4)26(34)23-18(19)8-20(28-23)25(33)29-27-10-16(27)11-27/h5-9,12-13,16,28H,10-11H2,1-4H3,(H,29,33). The van der Waals surface area contributed by atoms with Gasteiger partial charge in [0.2, 0.25) is 0 Å². The minimum Gasteiger partial charge on any atom is -0.455 e. The summed E-state index contributed by atoms with van der Waals surface area (Å²) in [5.41, 5.74) is 3.26. The number of hydrogen-bond donors (Lipinski definition) is 2. The largest absolute Gasteiger partial charge is 0.455 e. The molecule has 35 heavy (non-hydrogen) atoms. The fourth-order valence-corrected chi connectivity index (χ4v) is 4.84. The van der Waals surface area contributed by atoms with Crippen molar-refractivity contribution < 1.29 is 9.53 Å². The fraction of sp³-hybridized carbons (Fsp3) is 0.296. The summed E-state index contributed by atoms with van der Waals surface area (Å²) in [7, 11) is 3.32. The van der Waals surface area contributed by atoms with E-state index in [0.29, 0.717) is 45.1 Å². The number of H-pyrrole nitrogens is 1. The van der Waals surface area contributed by atoms with Crippen LogP contribution in [0.1, 0.15) is 34.5 Å². The summed E-state index contributed by atoms with van der Waals surface area (Å²) >= 11 is 0. The number of amides is 1. The second-order valence-electron chi connectivity index (χ2n) is 9.97. The molecule has 8 heteroatoms. The summed E-state index contributed by atoms with van der Waals surface area (Å²) < 4.78 is 9.29. The Balaban J connectivity index is 1.52. The fourth-order valence-electron chi connectivity index (χ4n) is 4.84. The van der Waals surface area contributed by atoms with Crippen molar-refractivity contribution >= 4 is 16.8 Å². The molecule has 0 radical (unpaired) electrons. The lowest BCUT2D eigenvalue weighted by molar-refractivity contribution is 0.0938. The first-order valence-electron chi connectivity index (χ1n) is 11.7. The zero-order valence-electron chi connectivity index (χ0n) is 20.1. The van der Waals surface area contributed by atoms with Crippen LogP contribution in [-0.2, 0) is 14.1 Å². The first-order chi connectivity index (χ1) is 16.7. The van der Waals surface area contributed by atoms with Gasteiger partial charge in [0.1, 0.15) is 17.0 Å². The van der Waals surface area contributed by atoms with Gasteiger partial charge in [-0.1, -0.05) is 18.2 Å².